The standard InChI is InChI=1S/C28H27N3O9S/c1-38-25-13-22-23(14-26(25)39-17-19-6-4-3-5-7-19)29(15-18-8-10-20(11-9-18)31(34)35)28(33)24-12-21(40-41(2,36)37)16-30(24)27(22)32/h3-11,13-14,21,24H,12,15-17H2,1-2H3/t21-,24+/m1/s1. The minimum Gasteiger partial charge on any atom is -0.493 e. The van der Waals surface area contributed by atoms with Crippen LogP contribution < -0.4 is 14.4 Å². The Labute approximate surface area is 236 Å². The van der Waals surface area contributed by atoms with Crippen molar-refractivity contribution in [3.05, 3.63) is 93.5 Å². The summed E-state index contributed by atoms with van der Waals surface area (Å²) < 4.78 is 40.3. The summed E-state index contributed by atoms with van der Waals surface area (Å²) in [5, 5.41) is 11.1. The zero-order valence-corrected chi connectivity index (χ0v) is 23.1. The van der Waals surface area contributed by atoms with E-state index >= 15 is 0 Å². The summed E-state index contributed by atoms with van der Waals surface area (Å²) in [4.78, 5) is 41.2. The Morgan fingerprint density at radius 1 is 1.00 bits per heavy atom. The molecular formula is C28H27N3O9S. The van der Waals surface area contributed by atoms with Gasteiger partial charge >= 0.3 is 0 Å². The van der Waals surface area contributed by atoms with E-state index < -0.39 is 39.0 Å². The maximum Gasteiger partial charge on any atom is 0.269 e. The number of amides is 2. The third-order valence-corrected chi connectivity index (χ3v) is 7.54. The van der Waals surface area contributed by atoms with Gasteiger partial charge in [-0.25, -0.2) is 0 Å². The fraction of sp³-hybridized carbons (Fsp3) is 0.286. The molecule has 5 rings (SSSR count). The van der Waals surface area contributed by atoms with E-state index in [1.807, 2.05) is 30.3 Å². The third-order valence-electron chi connectivity index (χ3n) is 6.91. The molecule has 2 heterocycles. The van der Waals surface area contributed by atoms with Gasteiger partial charge in [0.1, 0.15) is 12.6 Å². The monoisotopic (exact) mass is 581 g/mol. The molecule has 2 aliphatic rings. The molecule has 12 nitrogen and oxygen atoms in total. The Morgan fingerprint density at radius 3 is 2.34 bits per heavy atom. The maximum atomic E-state index is 14.0. The number of hydrogen-bond donors (Lipinski definition) is 0. The summed E-state index contributed by atoms with van der Waals surface area (Å²) >= 11 is 0. The number of rotatable bonds is 9. The van der Waals surface area contributed by atoms with Gasteiger partial charge in [-0.3, -0.25) is 23.9 Å². The number of anilines is 1. The second kappa shape index (κ2) is 11.2. The Hall–Kier alpha value is -4.49. The summed E-state index contributed by atoms with van der Waals surface area (Å²) in [6.45, 7) is 0.102. The Kier molecular flexibility index (Phi) is 7.65. The van der Waals surface area contributed by atoms with E-state index in [1.54, 1.807) is 6.07 Å². The van der Waals surface area contributed by atoms with Crippen molar-refractivity contribution in [1.29, 1.82) is 0 Å². The lowest BCUT2D eigenvalue weighted by Crippen LogP contribution is -2.44. The number of carbonyl (C=O) groups is 2. The van der Waals surface area contributed by atoms with Gasteiger partial charge in [-0.1, -0.05) is 42.5 Å². The lowest BCUT2D eigenvalue weighted by molar-refractivity contribution is -0.384. The molecule has 1 fully saturated rings. The molecule has 3 aromatic carbocycles. The van der Waals surface area contributed by atoms with Crippen LogP contribution in [0.5, 0.6) is 11.5 Å². The highest BCUT2D eigenvalue weighted by atomic mass is 32.2. The molecule has 41 heavy (non-hydrogen) atoms. The molecule has 0 spiro atoms. The first-order valence-electron chi connectivity index (χ1n) is 12.7. The molecule has 2 amide bonds. The van der Waals surface area contributed by atoms with Crippen molar-refractivity contribution in [2.75, 3.05) is 24.8 Å². The van der Waals surface area contributed by atoms with E-state index in [2.05, 4.69) is 0 Å². The predicted octanol–water partition coefficient (Wildman–Crippen LogP) is 3.29. The van der Waals surface area contributed by atoms with Gasteiger partial charge < -0.3 is 19.3 Å². The van der Waals surface area contributed by atoms with Crippen molar-refractivity contribution in [3.63, 3.8) is 0 Å². The average molecular weight is 582 g/mol. The normalized spacial score (nSPS) is 18.5. The molecule has 0 N–H and O–H groups in total. The van der Waals surface area contributed by atoms with E-state index in [-0.39, 0.29) is 48.8 Å². The van der Waals surface area contributed by atoms with Crippen molar-refractivity contribution in [1.82, 2.24) is 4.90 Å². The highest BCUT2D eigenvalue weighted by molar-refractivity contribution is 7.86. The number of methoxy groups -OCH3 is 1. The first-order valence-corrected chi connectivity index (χ1v) is 14.5. The Morgan fingerprint density at radius 2 is 1.71 bits per heavy atom. The molecule has 0 aromatic heterocycles. The number of nitrogens with zero attached hydrogens (tertiary/aromatic N) is 3. The molecule has 0 unspecified atom stereocenters. The number of ether oxygens (including phenoxy) is 2. The van der Waals surface area contributed by atoms with Crippen LogP contribution >= 0.6 is 0 Å². The van der Waals surface area contributed by atoms with Crippen molar-refractivity contribution in [3.8, 4) is 11.5 Å². The van der Waals surface area contributed by atoms with Crippen LogP contribution in [0.25, 0.3) is 0 Å². The van der Waals surface area contributed by atoms with Crippen LogP contribution in [0.3, 0.4) is 0 Å². The minimum atomic E-state index is -3.83. The van der Waals surface area contributed by atoms with Crippen LogP contribution in [0, 0.1) is 10.1 Å². The number of fused-ring (bicyclic) bond motifs is 2. The fourth-order valence-corrected chi connectivity index (χ4v) is 5.68. The molecule has 1 saturated heterocycles. The van der Waals surface area contributed by atoms with Crippen LogP contribution in [0.2, 0.25) is 0 Å². The predicted molar refractivity (Wildman–Crippen MR) is 147 cm³/mol. The number of non-ortho nitro benzene ring substituents is 1. The SMILES string of the molecule is COc1cc2c(cc1OCc1ccccc1)N(Cc1ccc([N+](=O)[O-])cc1)C(=O)[C@@H]1C[C@@H](OS(C)(=O)=O)CN1C2=O. The van der Waals surface area contributed by atoms with E-state index in [1.165, 1.54) is 47.2 Å². The van der Waals surface area contributed by atoms with Crippen molar-refractivity contribution in [2.45, 2.75) is 31.7 Å². The molecule has 13 heteroatoms. The van der Waals surface area contributed by atoms with Crippen LogP contribution in [0.4, 0.5) is 11.4 Å². The molecule has 0 radical (unpaired) electrons. The first-order chi connectivity index (χ1) is 19.5. The first kappa shape index (κ1) is 28.1. The van der Waals surface area contributed by atoms with Crippen molar-refractivity contribution >= 4 is 33.3 Å². The van der Waals surface area contributed by atoms with E-state index in [0.29, 0.717) is 11.3 Å². The van der Waals surface area contributed by atoms with Crippen LogP contribution in [-0.4, -0.2) is 62.1 Å². The van der Waals surface area contributed by atoms with Gasteiger partial charge in [0.25, 0.3) is 21.7 Å². The highest BCUT2D eigenvalue weighted by Crippen LogP contribution is 2.41. The summed E-state index contributed by atoms with van der Waals surface area (Å²) in [6, 6.07) is 17.3. The van der Waals surface area contributed by atoms with E-state index in [4.69, 9.17) is 13.7 Å². The summed E-state index contributed by atoms with van der Waals surface area (Å²) in [7, 11) is -2.39. The second-order valence-corrected chi connectivity index (χ2v) is 11.4. The molecular weight excluding hydrogens is 554 g/mol. The molecule has 0 saturated carbocycles. The molecule has 2 aliphatic heterocycles. The van der Waals surface area contributed by atoms with Gasteiger partial charge in [-0.15, -0.1) is 0 Å². The van der Waals surface area contributed by atoms with Crippen LogP contribution in [-0.2, 0) is 32.2 Å². The Bertz CT molecular complexity index is 1590. The smallest absolute Gasteiger partial charge is 0.269 e. The number of nitro groups is 1. The molecule has 214 valence electrons. The minimum absolute atomic E-state index is 0.0104. The van der Waals surface area contributed by atoms with Gasteiger partial charge in [0.2, 0.25) is 5.91 Å². The van der Waals surface area contributed by atoms with Crippen LogP contribution in [0.15, 0.2) is 66.7 Å². The lowest BCUT2D eigenvalue weighted by Gasteiger charge is -2.26. The lowest BCUT2D eigenvalue weighted by atomic mass is 10.1. The summed E-state index contributed by atoms with van der Waals surface area (Å²) in [5.74, 6) is -0.353. The topological polar surface area (TPSA) is 146 Å². The number of benzene rings is 3. The quantitative estimate of drug-likeness (QED) is 0.211. The van der Waals surface area contributed by atoms with E-state index in [0.717, 1.165) is 11.8 Å². The molecule has 0 aliphatic carbocycles. The van der Waals surface area contributed by atoms with Crippen molar-refractivity contribution < 1.29 is 36.6 Å². The van der Waals surface area contributed by atoms with Gasteiger partial charge in [0.15, 0.2) is 11.5 Å². The molecule has 0 bridgehead atoms. The third kappa shape index (κ3) is 6.00. The largest absolute Gasteiger partial charge is 0.493 e. The maximum absolute atomic E-state index is 14.0. The number of nitro benzene ring substituents is 1. The van der Waals surface area contributed by atoms with Crippen LogP contribution in [0.1, 0.15) is 27.9 Å². The molecule has 3 aromatic rings. The zero-order chi connectivity index (χ0) is 29.3. The van der Waals surface area contributed by atoms with Gasteiger partial charge in [0, 0.05) is 31.2 Å². The van der Waals surface area contributed by atoms with Gasteiger partial charge in [0.05, 0.1) is 42.2 Å². The second-order valence-electron chi connectivity index (χ2n) is 9.77. The zero-order valence-electron chi connectivity index (χ0n) is 22.3. The summed E-state index contributed by atoms with van der Waals surface area (Å²) in [5.41, 5.74) is 1.82. The van der Waals surface area contributed by atoms with Gasteiger partial charge in [-0.05, 0) is 17.2 Å². The average Bonchev–Trinajstić information content (AvgIpc) is 3.34. The van der Waals surface area contributed by atoms with E-state index in [9.17, 15) is 28.1 Å². The number of carbonyl (C=O) groups excluding carboxylic acids is 2. The Balaban J connectivity index is 1.56. The summed E-state index contributed by atoms with van der Waals surface area (Å²) in [6.07, 6.45) is 0.01000. The highest BCUT2D eigenvalue weighted by Gasteiger charge is 2.47. The van der Waals surface area contributed by atoms with Crippen molar-refractivity contribution in [2.24, 2.45) is 0 Å². The number of hydrogen-bond acceptors (Lipinski definition) is 9. The van der Waals surface area contributed by atoms with Gasteiger partial charge in [-0.2, -0.15) is 8.42 Å². The molecule has 2 atom stereocenters. The fourth-order valence-electron chi connectivity index (χ4n) is 5.05.